The Bertz CT molecular complexity index is 808. The minimum atomic E-state index is -3.76. The van der Waals surface area contributed by atoms with Crippen molar-refractivity contribution in [2.45, 2.75) is 57.0 Å². The van der Waals surface area contributed by atoms with E-state index in [1.165, 1.54) is 4.31 Å². The third-order valence-corrected chi connectivity index (χ3v) is 6.83. The van der Waals surface area contributed by atoms with Gasteiger partial charge in [0.1, 0.15) is 6.04 Å². The number of carboxylic acid groups (broad SMARTS) is 1. The first-order valence-electron chi connectivity index (χ1n) is 9.92. The molecule has 0 spiro atoms. The van der Waals surface area contributed by atoms with E-state index in [1.807, 2.05) is 20.8 Å². The number of nitrogens with one attached hydrogen (secondary N) is 2. The molecule has 3 N–H and O–H groups in total. The average Bonchev–Trinajstić information content (AvgIpc) is 3.12. The molecule has 162 valence electrons. The van der Waals surface area contributed by atoms with Crippen LogP contribution in [0.4, 0.5) is 0 Å². The molecule has 0 radical (unpaired) electrons. The molecular formula is C20H31N3O5S. The van der Waals surface area contributed by atoms with E-state index in [2.05, 4.69) is 10.6 Å². The molecule has 2 rings (SSSR count). The Morgan fingerprint density at radius 2 is 1.90 bits per heavy atom. The molecule has 0 aliphatic carbocycles. The molecule has 29 heavy (non-hydrogen) atoms. The SMILES string of the molecule is Cc1ccc(S(=O)(=O)N2CCCC2C(=O)NC(CNCC(=O)O)CC(C)C)cc1. The molecule has 8 nitrogen and oxygen atoms in total. The van der Waals surface area contributed by atoms with E-state index in [4.69, 9.17) is 5.11 Å². The molecule has 1 fully saturated rings. The van der Waals surface area contributed by atoms with Crippen molar-refractivity contribution in [2.24, 2.45) is 5.92 Å². The summed E-state index contributed by atoms with van der Waals surface area (Å²) >= 11 is 0. The van der Waals surface area contributed by atoms with Crippen LogP contribution in [-0.2, 0) is 19.6 Å². The molecule has 2 atom stereocenters. The summed E-state index contributed by atoms with van der Waals surface area (Å²) in [5, 5.41) is 14.5. The molecule has 0 aromatic heterocycles. The van der Waals surface area contributed by atoms with Crippen molar-refractivity contribution in [2.75, 3.05) is 19.6 Å². The number of benzene rings is 1. The van der Waals surface area contributed by atoms with Crippen molar-refractivity contribution in [1.29, 1.82) is 0 Å². The molecule has 1 amide bonds. The van der Waals surface area contributed by atoms with Gasteiger partial charge in [-0.05, 0) is 44.2 Å². The maximum absolute atomic E-state index is 13.0. The second-order valence-electron chi connectivity index (χ2n) is 7.95. The van der Waals surface area contributed by atoms with E-state index in [9.17, 15) is 18.0 Å². The predicted molar refractivity (Wildman–Crippen MR) is 110 cm³/mol. The van der Waals surface area contributed by atoms with Gasteiger partial charge in [0, 0.05) is 19.1 Å². The highest BCUT2D eigenvalue weighted by Gasteiger charge is 2.39. The third kappa shape index (κ3) is 6.52. The lowest BCUT2D eigenvalue weighted by Crippen LogP contribution is -2.51. The molecule has 0 bridgehead atoms. The summed E-state index contributed by atoms with van der Waals surface area (Å²) in [4.78, 5) is 23.8. The van der Waals surface area contributed by atoms with Crippen molar-refractivity contribution >= 4 is 21.9 Å². The Balaban J connectivity index is 2.10. The number of aliphatic carboxylic acids is 1. The number of carboxylic acids is 1. The molecule has 2 unspecified atom stereocenters. The molecule has 1 aliphatic rings. The number of aryl methyl sites for hydroxylation is 1. The van der Waals surface area contributed by atoms with E-state index in [0.717, 1.165) is 5.56 Å². The summed E-state index contributed by atoms with van der Waals surface area (Å²) in [6, 6.07) is 5.59. The van der Waals surface area contributed by atoms with Crippen molar-refractivity contribution in [3.05, 3.63) is 29.8 Å². The highest BCUT2D eigenvalue weighted by atomic mass is 32.2. The average molecular weight is 426 g/mol. The first-order valence-corrected chi connectivity index (χ1v) is 11.4. The molecular weight excluding hydrogens is 394 g/mol. The lowest BCUT2D eigenvalue weighted by Gasteiger charge is -2.27. The number of hydrogen-bond donors (Lipinski definition) is 3. The van der Waals surface area contributed by atoms with Gasteiger partial charge in [-0.2, -0.15) is 4.31 Å². The number of nitrogens with zero attached hydrogens (tertiary/aromatic N) is 1. The van der Waals surface area contributed by atoms with Crippen LogP contribution in [-0.4, -0.2) is 61.4 Å². The van der Waals surface area contributed by atoms with Crippen LogP contribution in [0.3, 0.4) is 0 Å². The third-order valence-electron chi connectivity index (χ3n) is 4.90. The Kier molecular flexibility index (Phi) is 8.18. The van der Waals surface area contributed by atoms with Gasteiger partial charge in [-0.25, -0.2) is 8.42 Å². The van der Waals surface area contributed by atoms with Gasteiger partial charge in [-0.15, -0.1) is 0 Å². The molecule has 1 heterocycles. The van der Waals surface area contributed by atoms with Crippen LogP contribution in [0.1, 0.15) is 38.7 Å². The summed E-state index contributed by atoms with van der Waals surface area (Å²) in [6.45, 7) is 6.34. The summed E-state index contributed by atoms with van der Waals surface area (Å²) in [7, 11) is -3.76. The molecule has 9 heteroatoms. The molecule has 1 aliphatic heterocycles. The largest absolute Gasteiger partial charge is 0.480 e. The van der Waals surface area contributed by atoms with Crippen LogP contribution in [0, 0.1) is 12.8 Å². The van der Waals surface area contributed by atoms with E-state index in [0.29, 0.717) is 38.3 Å². The molecule has 1 saturated heterocycles. The zero-order chi connectivity index (χ0) is 21.6. The van der Waals surface area contributed by atoms with Crippen LogP contribution >= 0.6 is 0 Å². The first kappa shape index (κ1) is 23.3. The fraction of sp³-hybridized carbons (Fsp3) is 0.600. The van der Waals surface area contributed by atoms with Gasteiger partial charge in [-0.1, -0.05) is 31.5 Å². The standard InChI is InChI=1S/C20H31N3O5S/c1-14(2)11-16(12-21-13-19(24)25)22-20(26)18-5-4-10-23(18)29(27,28)17-8-6-15(3)7-9-17/h6-9,14,16,18,21H,4-5,10-13H2,1-3H3,(H,22,26)(H,24,25). The minimum Gasteiger partial charge on any atom is -0.480 e. The number of amides is 1. The van der Waals surface area contributed by atoms with Crippen molar-refractivity contribution in [1.82, 2.24) is 14.9 Å². The number of hydrogen-bond acceptors (Lipinski definition) is 5. The van der Waals surface area contributed by atoms with E-state index < -0.39 is 22.0 Å². The zero-order valence-corrected chi connectivity index (χ0v) is 18.0. The summed E-state index contributed by atoms with van der Waals surface area (Å²) < 4.78 is 27.4. The number of rotatable bonds is 10. The van der Waals surface area contributed by atoms with Gasteiger partial charge in [0.25, 0.3) is 0 Å². The van der Waals surface area contributed by atoms with Gasteiger partial charge in [0.05, 0.1) is 11.4 Å². The summed E-state index contributed by atoms with van der Waals surface area (Å²) in [6.07, 6.45) is 1.75. The Hall–Kier alpha value is -1.97. The number of carbonyl (C=O) groups excluding carboxylic acids is 1. The Labute approximate surface area is 172 Å². The maximum atomic E-state index is 13.0. The van der Waals surface area contributed by atoms with Crippen LogP contribution in [0.15, 0.2) is 29.2 Å². The molecule has 1 aromatic carbocycles. The first-order chi connectivity index (χ1) is 13.6. The van der Waals surface area contributed by atoms with Crippen LogP contribution in [0.25, 0.3) is 0 Å². The van der Waals surface area contributed by atoms with Gasteiger partial charge in [0.2, 0.25) is 15.9 Å². The van der Waals surface area contributed by atoms with Gasteiger partial charge in [-0.3, -0.25) is 9.59 Å². The Morgan fingerprint density at radius 3 is 2.48 bits per heavy atom. The van der Waals surface area contributed by atoms with Gasteiger partial charge < -0.3 is 15.7 Å². The lowest BCUT2D eigenvalue weighted by molar-refractivity contribution is -0.135. The second kappa shape index (κ2) is 10.2. The zero-order valence-electron chi connectivity index (χ0n) is 17.2. The van der Waals surface area contributed by atoms with Gasteiger partial charge in [0.15, 0.2) is 0 Å². The smallest absolute Gasteiger partial charge is 0.317 e. The van der Waals surface area contributed by atoms with Crippen LogP contribution in [0.5, 0.6) is 0 Å². The number of carbonyl (C=O) groups is 2. The topological polar surface area (TPSA) is 116 Å². The normalized spacial score (nSPS) is 18.7. The van der Waals surface area contributed by atoms with E-state index in [-0.39, 0.29) is 23.4 Å². The monoisotopic (exact) mass is 425 g/mol. The second-order valence-corrected chi connectivity index (χ2v) is 9.84. The van der Waals surface area contributed by atoms with Crippen molar-refractivity contribution < 1.29 is 23.1 Å². The fourth-order valence-electron chi connectivity index (χ4n) is 3.55. The summed E-state index contributed by atoms with van der Waals surface area (Å²) in [5.41, 5.74) is 0.963. The fourth-order valence-corrected chi connectivity index (χ4v) is 5.20. The van der Waals surface area contributed by atoms with Crippen LogP contribution < -0.4 is 10.6 Å². The van der Waals surface area contributed by atoms with Crippen molar-refractivity contribution in [3.8, 4) is 0 Å². The Morgan fingerprint density at radius 1 is 1.24 bits per heavy atom. The summed E-state index contributed by atoms with van der Waals surface area (Å²) in [5.74, 6) is -1.00. The molecule has 0 saturated carbocycles. The lowest BCUT2D eigenvalue weighted by atomic mass is 10.0. The van der Waals surface area contributed by atoms with Crippen LogP contribution in [0.2, 0.25) is 0 Å². The maximum Gasteiger partial charge on any atom is 0.317 e. The molecule has 1 aromatic rings. The quantitative estimate of drug-likeness (QED) is 0.521. The van der Waals surface area contributed by atoms with E-state index in [1.54, 1.807) is 24.3 Å². The highest BCUT2D eigenvalue weighted by Crippen LogP contribution is 2.26. The highest BCUT2D eigenvalue weighted by molar-refractivity contribution is 7.89. The number of sulfonamides is 1. The predicted octanol–water partition coefficient (Wildman–Crippen LogP) is 1.35. The van der Waals surface area contributed by atoms with Crippen molar-refractivity contribution in [3.63, 3.8) is 0 Å². The van der Waals surface area contributed by atoms with E-state index >= 15 is 0 Å². The van der Waals surface area contributed by atoms with Gasteiger partial charge >= 0.3 is 5.97 Å². The minimum absolute atomic E-state index is 0.185.